The van der Waals surface area contributed by atoms with Gasteiger partial charge in [0.25, 0.3) is 5.69 Å². The van der Waals surface area contributed by atoms with E-state index in [1.165, 1.54) is 25.2 Å². The highest BCUT2D eigenvalue weighted by molar-refractivity contribution is 7.89. The highest BCUT2D eigenvalue weighted by Gasteiger charge is 2.13. The largest absolute Gasteiger partial charge is 0.379 e. The highest BCUT2D eigenvalue weighted by atomic mass is 32.2. The molecule has 0 aliphatic heterocycles. The number of carbonyl (C=O) groups is 1. The molecule has 0 aliphatic carbocycles. The molecule has 3 N–H and O–H groups in total. The number of nitrogens with one attached hydrogen (secondary N) is 3. The van der Waals surface area contributed by atoms with E-state index in [0.717, 1.165) is 0 Å². The molecule has 0 aliphatic rings. The van der Waals surface area contributed by atoms with Crippen LogP contribution in [-0.4, -0.2) is 32.8 Å². The normalized spacial score (nSPS) is 11.0. The molecule has 0 saturated carbocycles. The van der Waals surface area contributed by atoms with E-state index in [2.05, 4.69) is 15.4 Å². The lowest BCUT2D eigenvalue weighted by atomic mass is 10.2. The number of sulfonamides is 1. The Bertz CT molecular complexity index is 930. The van der Waals surface area contributed by atoms with Crippen LogP contribution >= 0.6 is 0 Å². The number of hydrogen-bond donors (Lipinski definition) is 3. The number of nitro groups is 1. The molecule has 0 spiro atoms. The zero-order valence-corrected chi connectivity index (χ0v) is 15.5. The van der Waals surface area contributed by atoms with Crippen molar-refractivity contribution in [1.29, 1.82) is 0 Å². The third kappa shape index (κ3) is 5.76. The van der Waals surface area contributed by atoms with Crippen LogP contribution in [0.15, 0.2) is 53.4 Å². The summed E-state index contributed by atoms with van der Waals surface area (Å²) in [5.74, 6) is -0.261. The molecule has 9 nitrogen and oxygen atoms in total. The molecule has 2 aromatic rings. The Morgan fingerprint density at radius 3 is 2.59 bits per heavy atom. The fourth-order valence-electron chi connectivity index (χ4n) is 2.32. The average molecular weight is 392 g/mol. The van der Waals surface area contributed by atoms with Crippen molar-refractivity contribution in [3.05, 3.63) is 64.2 Å². The molecule has 0 fully saturated rings. The van der Waals surface area contributed by atoms with Crippen molar-refractivity contribution in [2.24, 2.45) is 0 Å². The van der Waals surface area contributed by atoms with Crippen molar-refractivity contribution in [1.82, 2.24) is 10.0 Å². The Morgan fingerprint density at radius 1 is 1.15 bits per heavy atom. The molecule has 0 heterocycles. The number of nitro benzene ring substituents is 1. The maximum absolute atomic E-state index is 11.9. The molecule has 2 rings (SSSR count). The fourth-order valence-corrected chi connectivity index (χ4v) is 3.12. The van der Waals surface area contributed by atoms with Crippen LogP contribution in [0.2, 0.25) is 0 Å². The van der Waals surface area contributed by atoms with E-state index in [4.69, 9.17) is 0 Å². The minimum atomic E-state index is -3.54. The first kappa shape index (κ1) is 20.3. The first-order valence-corrected chi connectivity index (χ1v) is 9.58. The third-order valence-electron chi connectivity index (χ3n) is 3.74. The minimum Gasteiger partial charge on any atom is -0.379 e. The summed E-state index contributed by atoms with van der Waals surface area (Å²) in [6.45, 7) is 0.405. The molecule has 0 saturated heterocycles. The fraction of sp³-hybridized carbons (Fsp3) is 0.235. The zero-order chi connectivity index (χ0) is 19.9. The Labute approximate surface area is 157 Å². The summed E-state index contributed by atoms with van der Waals surface area (Å²) in [5, 5.41) is 16.5. The van der Waals surface area contributed by atoms with Crippen LogP contribution in [-0.2, 0) is 21.4 Å². The van der Waals surface area contributed by atoms with Gasteiger partial charge in [-0.3, -0.25) is 14.9 Å². The standard InChI is InChI=1S/C17H20N4O5S/c1-18-27(25,26)14-6-4-5-13(11-14)12-20-17(22)9-10-19-15-7-2-3-8-16(15)21(23)24/h2-8,11,18-19H,9-10,12H2,1H3,(H,20,22). The molecule has 2 aromatic carbocycles. The number of nitrogens with zero attached hydrogens (tertiary/aromatic N) is 1. The molecule has 144 valence electrons. The molecule has 27 heavy (non-hydrogen) atoms. The van der Waals surface area contributed by atoms with E-state index in [1.807, 2.05) is 0 Å². The van der Waals surface area contributed by atoms with Crippen LogP contribution in [0.3, 0.4) is 0 Å². The molecule has 0 radical (unpaired) electrons. The van der Waals surface area contributed by atoms with Gasteiger partial charge in [0, 0.05) is 25.6 Å². The van der Waals surface area contributed by atoms with Crippen molar-refractivity contribution in [2.45, 2.75) is 17.9 Å². The SMILES string of the molecule is CNS(=O)(=O)c1cccc(CNC(=O)CCNc2ccccc2[N+](=O)[O-])c1. The number of para-hydroxylation sites is 2. The summed E-state index contributed by atoms with van der Waals surface area (Å²) in [5.41, 5.74) is 0.937. The number of rotatable bonds is 9. The predicted molar refractivity (Wildman–Crippen MR) is 101 cm³/mol. The molecule has 1 amide bonds. The van der Waals surface area contributed by atoms with Crippen LogP contribution < -0.4 is 15.4 Å². The second-order valence-electron chi connectivity index (χ2n) is 5.58. The van der Waals surface area contributed by atoms with E-state index in [0.29, 0.717) is 11.3 Å². The van der Waals surface area contributed by atoms with Crippen LogP contribution in [0.25, 0.3) is 0 Å². The second kappa shape index (κ2) is 9.10. The van der Waals surface area contributed by atoms with Crippen molar-refractivity contribution in [2.75, 3.05) is 18.9 Å². The molecule has 0 unspecified atom stereocenters. The molecular formula is C17H20N4O5S. The van der Waals surface area contributed by atoms with Crippen LogP contribution in [0.4, 0.5) is 11.4 Å². The van der Waals surface area contributed by atoms with Gasteiger partial charge in [-0.25, -0.2) is 13.1 Å². The van der Waals surface area contributed by atoms with Gasteiger partial charge in [-0.15, -0.1) is 0 Å². The van der Waals surface area contributed by atoms with Crippen LogP contribution in [0.5, 0.6) is 0 Å². The molecule has 0 aromatic heterocycles. The second-order valence-corrected chi connectivity index (χ2v) is 7.47. The van der Waals surface area contributed by atoms with Gasteiger partial charge >= 0.3 is 0 Å². The Morgan fingerprint density at radius 2 is 1.89 bits per heavy atom. The number of carbonyl (C=O) groups excluding carboxylic acids is 1. The van der Waals surface area contributed by atoms with Gasteiger partial charge in [-0.05, 0) is 30.8 Å². The lowest BCUT2D eigenvalue weighted by molar-refractivity contribution is -0.384. The van der Waals surface area contributed by atoms with Gasteiger partial charge in [-0.2, -0.15) is 0 Å². The quantitative estimate of drug-likeness (QED) is 0.439. The molecule has 0 atom stereocenters. The van der Waals surface area contributed by atoms with E-state index < -0.39 is 14.9 Å². The molecular weight excluding hydrogens is 372 g/mol. The zero-order valence-electron chi connectivity index (χ0n) is 14.6. The molecule has 10 heteroatoms. The van der Waals surface area contributed by atoms with E-state index in [9.17, 15) is 23.3 Å². The number of benzene rings is 2. The smallest absolute Gasteiger partial charge is 0.292 e. The number of anilines is 1. The highest BCUT2D eigenvalue weighted by Crippen LogP contribution is 2.22. The number of hydrogen-bond acceptors (Lipinski definition) is 6. The van der Waals surface area contributed by atoms with Gasteiger partial charge < -0.3 is 10.6 Å². The monoisotopic (exact) mass is 392 g/mol. The topological polar surface area (TPSA) is 130 Å². The van der Waals surface area contributed by atoms with Gasteiger partial charge in [-0.1, -0.05) is 24.3 Å². The summed E-state index contributed by atoms with van der Waals surface area (Å²) in [7, 11) is -2.22. The summed E-state index contributed by atoms with van der Waals surface area (Å²) >= 11 is 0. The van der Waals surface area contributed by atoms with Crippen molar-refractivity contribution < 1.29 is 18.1 Å². The third-order valence-corrected chi connectivity index (χ3v) is 5.15. The van der Waals surface area contributed by atoms with Gasteiger partial charge in [0.05, 0.1) is 9.82 Å². The number of amides is 1. The predicted octanol–water partition coefficient (Wildman–Crippen LogP) is 1.62. The maximum atomic E-state index is 11.9. The maximum Gasteiger partial charge on any atom is 0.292 e. The first-order chi connectivity index (χ1) is 12.8. The Hall–Kier alpha value is -2.98. The Balaban J connectivity index is 1.86. The van der Waals surface area contributed by atoms with Crippen molar-refractivity contribution in [3.63, 3.8) is 0 Å². The summed E-state index contributed by atoms with van der Waals surface area (Å²) in [4.78, 5) is 22.5. The van der Waals surface area contributed by atoms with Crippen LogP contribution in [0, 0.1) is 10.1 Å². The summed E-state index contributed by atoms with van der Waals surface area (Å²) < 4.78 is 25.8. The van der Waals surface area contributed by atoms with Crippen LogP contribution in [0.1, 0.15) is 12.0 Å². The molecule has 0 bridgehead atoms. The van der Waals surface area contributed by atoms with Gasteiger partial charge in [0.2, 0.25) is 15.9 Å². The van der Waals surface area contributed by atoms with Crippen molar-refractivity contribution in [3.8, 4) is 0 Å². The lowest BCUT2D eigenvalue weighted by Crippen LogP contribution is -2.25. The average Bonchev–Trinajstić information content (AvgIpc) is 2.67. The van der Waals surface area contributed by atoms with Crippen molar-refractivity contribution >= 4 is 27.3 Å². The van der Waals surface area contributed by atoms with E-state index >= 15 is 0 Å². The van der Waals surface area contributed by atoms with E-state index in [1.54, 1.807) is 30.3 Å². The Kier molecular flexibility index (Phi) is 6.85. The minimum absolute atomic E-state index is 0.0551. The summed E-state index contributed by atoms with van der Waals surface area (Å²) in [6, 6.07) is 12.5. The first-order valence-electron chi connectivity index (χ1n) is 8.10. The summed E-state index contributed by atoms with van der Waals surface area (Å²) in [6.07, 6.45) is 0.112. The van der Waals surface area contributed by atoms with Gasteiger partial charge in [0.15, 0.2) is 0 Å². The van der Waals surface area contributed by atoms with E-state index in [-0.39, 0.29) is 36.0 Å². The lowest BCUT2D eigenvalue weighted by Gasteiger charge is -2.09. The van der Waals surface area contributed by atoms with Gasteiger partial charge in [0.1, 0.15) is 5.69 Å².